The third-order valence-electron chi connectivity index (χ3n) is 3.10. The maximum atomic E-state index is 11.8. The summed E-state index contributed by atoms with van der Waals surface area (Å²) < 4.78 is 0. The van der Waals surface area contributed by atoms with E-state index < -0.39 is 0 Å². The second kappa shape index (κ2) is 3.60. The van der Waals surface area contributed by atoms with E-state index in [1.807, 2.05) is 24.3 Å². The van der Waals surface area contributed by atoms with Crippen molar-refractivity contribution >= 4 is 22.1 Å². The lowest BCUT2D eigenvalue weighted by molar-refractivity contribution is -0.113. The molecule has 0 fully saturated rings. The number of carbonyl (C=O) groups excluding carboxylic acids is 1. The SMILES string of the molecule is O=C1CCC=C1c1cccc2ccccc12. The summed E-state index contributed by atoms with van der Waals surface area (Å²) in [5.41, 5.74) is 1.98. The van der Waals surface area contributed by atoms with Crippen molar-refractivity contribution in [3.05, 3.63) is 54.1 Å². The van der Waals surface area contributed by atoms with Crippen LogP contribution in [0, 0.1) is 0 Å². The number of fused-ring (bicyclic) bond motifs is 1. The van der Waals surface area contributed by atoms with E-state index in [0.29, 0.717) is 6.42 Å². The number of rotatable bonds is 1. The number of Topliss-reactive ketones (excluding diaryl/α,β-unsaturated/α-hetero) is 1. The van der Waals surface area contributed by atoms with Gasteiger partial charge in [0.05, 0.1) is 0 Å². The van der Waals surface area contributed by atoms with Crippen LogP contribution in [0.1, 0.15) is 18.4 Å². The monoisotopic (exact) mass is 208 g/mol. The number of allylic oxidation sites excluding steroid dienone is 2. The van der Waals surface area contributed by atoms with Crippen LogP contribution >= 0.6 is 0 Å². The first-order valence-corrected chi connectivity index (χ1v) is 5.58. The summed E-state index contributed by atoms with van der Waals surface area (Å²) in [5, 5.41) is 2.37. The Morgan fingerprint density at radius 1 is 0.938 bits per heavy atom. The molecule has 1 aliphatic rings. The van der Waals surface area contributed by atoms with Crippen LogP contribution in [-0.4, -0.2) is 5.78 Å². The van der Waals surface area contributed by atoms with E-state index in [0.717, 1.165) is 17.6 Å². The summed E-state index contributed by atoms with van der Waals surface area (Å²) in [5.74, 6) is 0.274. The highest BCUT2D eigenvalue weighted by molar-refractivity contribution is 6.25. The Kier molecular flexibility index (Phi) is 2.10. The van der Waals surface area contributed by atoms with Gasteiger partial charge in [0.25, 0.3) is 0 Å². The zero-order valence-electron chi connectivity index (χ0n) is 8.94. The maximum absolute atomic E-state index is 11.8. The van der Waals surface area contributed by atoms with E-state index in [1.165, 1.54) is 10.8 Å². The molecule has 0 atom stereocenters. The zero-order chi connectivity index (χ0) is 11.0. The second-order valence-corrected chi connectivity index (χ2v) is 4.11. The minimum Gasteiger partial charge on any atom is -0.294 e. The minimum absolute atomic E-state index is 0.274. The number of hydrogen-bond donors (Lipinski definition) is 0. The van der Waals surface area contributed by atoms with Gasteiger partial charge in [-0.15, -0.1) is 0 Å². The van der Waals surface area contributed by atoms with Crippen molar-refractivity contribution in [2.45, 2.75) is 12.8 Å². The van der Waals surface area contributed by atoms with Crippen molar-refractivity contribution in [3.63, 3.8) is 0 Å². The van der Waals surface area contributed by atoms with Gasteiger partial charge in [-0.3, -0.25) is 4.79 Å². The Labute approximate surface area is 94.4 Å². The maximum Gasteiger partial charge on any atom is 0.163 e. The van der Waals surface area contributed by atoms with E-state index in [1.54, 1.807) is 0 Å². The van der Waals surface area contributed by atoms with Gasteiger partial charge < -0.3 is 0 Å². The predicted octanol–water partition coefficient (Wildman–Crippen LogP) is 3.59. The minimum atomic E-state index is 0.274. The Hall–Kier alpha value is -1.89. The number of hydrogen-bond acceptors (Lipinski definition) is 1. The molecule has 0 aromatic heterocycles. The van der Waals surface area contributed by atoms with E-state index in [4.69, 9.17) is 0 Å². The largest absolute Gasteiger partial charge is 0.294 e. The molecule has 0 saturated carbocycles. The lowest BCUT2D eigenvalue weighted by Crippen LogP contribution is -1.95. The first-order chi connectivity index (χ1) is 7.86. The highest BCUT2D eigenvalue weighted by atomic mass is 16.1. The molecular weight excluding hydrogens is 196 g/mol. The topological polar surface area (TPSA) is 17.1 Å². The van der Waals surface area contributed by atoms with Crippen LogP contribution in [0.2, 0.25) is 0 Å². The summed E-state index contributed by atoms with van der Waals surface area (Å²) in [4.78, 5) is 11.8. The lowest BCUT2D eigenvalue weighted by Gasteiger charge is -2.06. The molecule has 2 aromatic rings. The molecular formula is C15H12O. The van der Waals surface area contributed by atoms with Crippen LogP contribution in [0.4, 0.5) is 0 Å². The van der Waals surface area contributed by atoms with Gasteiger partial charge in [-0.05, 0) is 22.8 Å². The van der Waals surface area contributed by atoms with Gasteiger partial charge in [0.15, 0.2) is 5.78 Å². The molecule has 0 bridgehead atoms. The first-order valence-electron chi connectivity index (χ1n) is 5.58. The third kappa shape index (κ3) is 1.36. The standard InChI is InChI=1S/C15H12O/c16-15-10-4-9-14(15)13-8-3-6-11-5-1-2-7-12(11)13/h1-3,5-9H,4,10H2. The van der Waals surface area contributed by atoms with Crippen molar-refractivity contribution in [2.24, 2.45) is 0 Å². The summed E-state index contributed by atoms with van der Waals surface area (Å²) in [6, 6.07) is 14.3. The third-order valence-corrected chi connectivity index (χ3v) is 3.10. The zero-order valence-corrected chi connectivity index (χ0v) is 8.94. The molecule has 0 spiro atoms. The van der Waals surface area contributed by atoms with Gasteiger partial charge in [-0.1, -0.05) is 48.5 Å². The number of ketones is 1. The van der Waals surface area contributed by atoms with Crippen molar-refractivity contribution in [2.75, 3.05) is 0 Å². The van der Waals surface area contributed by atoms with Gasteiger partial charge >= 0.3 is 0 Å². The van der Waals surface area contributed by atoms with Gasteiger partial charge in [-0.25, -0.2) is 0 Å². The molecule has 1 nitrogen and oxygen atoms in total. The van der Waals surface area contributed by atoms with Crippen LogP contribution in [0.5, 0.6) is 0 Å². The Morgan fingerprint density at radius 2 is 1.75 bits per heavy atom. The van der Waals surface area contributed by atoms with Gasteiger partial charge in [0, 0.05) is 12.0 Å². The smallest absolute Gasteiger partial charge is 0.163 e. The van der Waals surface area contributed by atoms with E-state index in [-0.39, 0.29) is 5.78 Å². The highest BCUT2D eigenvalue weighted by Crippen LogP contribution is 2.30. The van der Waals surface area contributed by atoms with E-state index in [9.17, 15) is 4.79 Å². The summed E-state index contributed by atoms with van der Waals surface area (Å²) >= 11 is 0. The van der Waals surface area contributed by atoms with Crippen LogP contribution < -0.4 is 0 Å². The fourth-order valence-corrected chi connectivity index (χ4v) is 2.32. The molecule has 0 aliphatic heterocycles. The van der Waals surface area contributed by atoms with Crippen LogP contribution in [0.3, 0.4) is 0 Å². The summed E-state index contributed by atoms with van der Waals surface area (Å²) in [7, 11) is 0. The molecule has 2 aromatic carbocycles. The van der Waals surface area contributed by atoms with Gasteiger partial charge in [0.1, 0.15) is 0 Å². The van der Waals surface area contributed by atoms with Crippen molar-refractivity contribution in [1.82, 2.24) is 0 Å². The van der Waals surface area contributed by atoms with Crippen LogP contribution in [-0.2, 0) is 4.79 Å². The van der Waals surface area contributed by atoms with Gasteiger partial charge in [0.2, 0.25) is 0 Å². The van der Waals surface area contributed by atoms with Crippen molar-refractivity contribution < 1.29 is 4.79 Å². The Morgan fingerprint density at radius 3 is 2.56 bits per heavy atom. The van der Waals surface area contributed by atoms with E-state index >= 15 is 0 Å². The molecule has 1 heteroatoms. The second-order valence-electron chi connectivity index (χ2n) is 4.11. The predicted molar refractivity (Wildman–Crippen MR) is 66.2 cm³/mol. The summed E-state index contributed by atoms with van der Waals surface area (Å²) in [6.07, 6.45) is 3.61. The normalized spacial score (nSPS) is 15.5. The Balaban J connectivity index is 2.28. The number of carbonyl (C=O) groups is 1. The average Bonchev–Trinajstić information content (AvgIpc) is 2.75. The highest BCUT2D eigenvalue weighted by Gasteiger charge is 2.17. The van der Waals surface area contributed by atoms with Crippen LogP contribution in [0.15, 0.2) is 48.5 Å². The molecule has 0 N–H and O–H groups in total. The Bertz CT molecular complexity index is 588. The fraction of sp³-hybridized carbons (Fsp3) is 0.133. The van der Waals surface area contributed by atoms with Crippen LogP contribution in [0.25, 0.3) is 16.3 Å². The van der Waals surface area contributed by atoms with Crippen molar-refractivity contribution in [3.8, 4) is 0 Å². The molecule has 0 heterocycles. The molecule has 78 valence electrons. The van der Waals surface area contributed by atoms with E-state index in [2.05, 4.69) is 24.3 Å². The average molecular weight is 208 g/mol. The molecule has 0 radical (unpaired) electrons. The molecule has 0 saturated heterocycles. The quantitative estimate of drug-likeness (QED) is 0.700. The molecule has 0 unspecified atom stereocenters. The molecule has 3 rings (SSSR count). The first kappa shape index (κ1) is 9.34. The molecule has 0 amide bonds. The van der Waals surface area contributed by atoms with Crippen molar-refractivity contribution in [1.29, 1.82) is 0 Å². The summed E-state index contributed by atoms with van der Waals surface area (Å²) in [6.45, 7) is 0. The number of benzene rings is 2. The lowest BCUT2D eigenvalue weighted by atomic mass is 9.97. The fourth-order valence-electron chi connectivity index (χ4n) is 2.32. The van der Waals surface area contributed by atoms with Gasteiger partial charge in [-0.2, -0.15) is 0 Å². The molecule has 1 aliphatic carbocycles. The molecule has 16 heavy (non-hydrogen) atoms.